The van der Waals surface area contributed by atoms with Crippen LogP contribution in [0.25, 0.3) is 0 Å². The fourth-order valence-corrected chi connectivity index (χ4v) is 5.12. The van der Waals surface area contributed by atoms with Crippen molar-refractivity contribution in [2.75, 3.05) is 22.8 Å². The van der Waals surface area contributed by atoms with E-state index in [1.807, 2.05) is 0 Å². The molecule has 0 spiro atoms. The summed E-state index contributed by atoms with van der Waals surface area (Å²) in [4.78, 5) is 16.8. The fourth-order valence-electron chi connectivity index (χ4n) is 3.25. The van der Waals surface area contributed by atoms with Crippen LogP contribution in [0.1, 0.15) is 36.8 Å². The molecule has 3 N–H and O–H groups in total. The zero-order valence-electron chi connectivity index (χ0n) is 17.9. The predicted octanol–water partition coefficient (Wildman–Crippen LogP) is 2.60. The van der Waals surface area contributed by atoms with Gasteiger partial charge in [-0.1, -0.05) is 24.6 Å². The van der Waals surface area contributed by atoms with Crippen molar-refractivity contribution >= 4 is 43.2 Å². The number of amidine groups is 1. The Kier molecular flexibility index (Phi) is 7.19. The zero-order chi connectivity index (χ0) is 23.4. The number of hydrogen-bond acceptors (Lipinski definition) is 6. The lowest BCUT2D eigenvalue weighted by Gasteiger charge is -2.11. The number of sulfonamides is 2. The molecule has 11 heteroatoms. The number of fused-ring (bicyclic) bond motifs is 1. The molecular formula is C21H26N4O5S2. The maximum absolute atomic E-state index is 12.2. The minimum absolute atomic E-state index is 0.164. The quantitative estimate of drug-likeness (QED) is 0.476. The van der Waals surface area contributed by atoms with Gasteiger partial charge in [0.05, 0.1) is 16.8 Å². The number of nitrogens with zero attached hydrogens (tertiary/aromatic N) is 1. The van der Waals surface area contributed by atoms with Crippen molar-refractivity contribution < 1.29 is 21.6 Å². The van der Waals surface area contributed by atoms with E-state index in [-0.39, 0.29) is 10.8 Å². The Labute approximate surface area is 188 Å². The Morgan fingerprint density at radius 1 is 1.09 bits per heavy atom. The third-order valence-electron chi connectivity index (χ3n) is 4.81. The minimum Gasteiger partial charge on any atom is -0.326 e. The highest BCUT2D eigenvalue weighted by Gasteiger charge is 2.29. The second-order valence-corrected chi connectivity index (χ2v) is 11.0. The van der Waals surface area contributed by atoms with Crippen LogP contribution in [0.2, 0.25) is 0 Å². The maximum Gasteiger partial charge on any atom is 0.263 e. The number of nitrogens with one attached hydrogen (secondary N) is 3. The van der Waals surface area contributed by atoms with E-state index in [1.165, 1.54) is 0 Å². The molecule has 0 aromatic heterocycles. The van der Waals surface area contributed by atoms with Gasteiger partial charge in [0.15, 0.2) is 0 Å². The summed E-state index contributed by atoms with van der Waals surface area (Å²) in [5.74, 6) is 0.194. The fraction of sp³-hybridized carbons (Fsp3) is 0.333. The molecule has 0 radical (unpaired) electrons. The van der Waals surface area contributed by atoms with Crippen molar-refractivity contribution in [3.8, 4) is 0 Å². The van der Waals surface area contributed by atoms with Crippen LogP contribution in [0.4, 0.5) is 11.4 Å². The number of carbonyl (C=O) groups is 1. The number of carbonyl (C=O) groups excluding carboxylic acids is 1. The largest absolute Gasteiger partial charge is 0.326 e. The van der Waals surface area contributed by atoms with E-state index < -0.39 is 20.0 Å². The van der Waals surface area contributed by atoms with Crippen LogP contribution in [0.5, 0.6) is 0 Å². The van der Waals surface area contributed by atoms with Crippen LogP contribution in [-0.4, -0.2) is 41.4 Å². The van der Waals surface area contributed by atoms with Crippen molar-refractivity contribution in [3.05, 3.63) is 53.6 Å². The van der Waals surface area contributed by atoms with E-state index in [0.29, 0.717) is 48.6 Å². The topological polar surface area (TPSA) is 134 Å². The molecular weight excluding hydrogens is 452 g/mol. The smallest absolute Gasteiger partial charge is 0.263 e. The van der Waals surface area contributed by atoms with Gasteiger partial charge in [-0.15, -0.1) is 0 Å². The second-order valence-electron chi connectivity index (χ2n) is 7.59. The molecule has 3 rings (SSSR count). The molecule has 0 bridgehead atoms. The highest BCUT2D eigenvalue weighted by Crippen LogP contribution is 2.23. The summed E-state index contributed by atoms with van der Waals surface area (Å²) in [5.41, 5.74) is 2.27. The van der Waals surface area contributed by atoms with E-state index in [2.05, 4.69) is 19.8 Å². The van der Waals surface area contributed by atoms with Gasteiger partial charge in [0, 0.05) is 24.2 Å². The van der Waals surface area contributed by atoms with Gasteiger partial charge in [0.25, 0.3) is 10.0 Å². The molecule has 2 aromatic carbocycles. The first-order valence-electron chi connectivity index (χ1n) is 10.1. The number of amides is 1. The van der Waals surface area contributed by atoms with Crippen molar-refractivity contribution in [3.63, 3.8) is 0 Å². The Morgan fingerprint density at radius 2 is 1.84 bits per heavy atom. The summed E-state index contributed by atoms with van der Waals surface area (Å²) < 4.78 is 51.9. The van der Waals surface area contributed by atoms with Gasteiger partial charge in [0.1, 0.15) is 5.84 Å². The SMILES string of the molecule is Cc1ccc(NC(=O)CCCCCN=C2NS(=O)(=O)c3ccccc32)cc1NS(C)(=O)=O. The van der Waals surface area contributed by atoms with Gasteiger partial charge in [-0.25, -0.2) is 16.8 Å². The van der Waals surface area contributed by atoms with Gasteiger partial charge in [-0.2, -0.15) is 0 Å². The first-order valence-corrected chi connectivity index (χ1v) is 13.5. The molecule has 32 heavy (non-hydrogen) atoms. The number of aliphatic imine (C=N–C) groups is 1. The molecule has 2 aromatic rings. The van der Waals surface area contributed by atoms with E-state index >= 15 is 0 Å². The van der Waals surface area contributed by atoms with Gasteiger partial charge >= 0.3 is 0 Å². The third-order valence-corrected chi connectivity index (χ3v) is 6.80. The number of unbranched alkanes of at least 4 members (excludes halogenated alkanes) is 2. The molecule has 0 atom stereocenters. The van der Waals surface area contributed by atoms with Crippen LogP contribution >= 0.6 is 0 Å². The molecule has 1 aliphatic rings. The Morgan fingerprint density at radius 3 is 2.59 bits per heavy atom. The van der Waals surface area contributed by atoms with Crippen molar-refractivity contribution in [2.24, 2.45) is 4.99 Å². The molecule has 0 fully saturated rings. The molecule has 9 nitrogen and oxygen atoms in total. The number of hydrogen-bond donors (Lipinski definition) is 3. The molecule has 1 amide bonds. The summed E-state index contributed by atoms with van der Waals surface area (Å²) in [7, 11) is -6.94. The zero-order valence-corrected chi connectivity index (χ0v) is 19.5. The second kappa shape index (κ2) is 9.70. The molecule has 0 unspecified atom stereocenters. The lowest BCUT2D eigenvalue weighted by molar-refractivity contribution is -0.116. The van der Waals surface area contributed by atoms with Crippen molar-refractivity contribution in [2.45, 2.75) is 37.5 Å². The van der Waals surface area contributed by atoms with Gasteiger partial charge in [-0.3, -0.25) is 19.2 Å². The standard InChI is InChI=1S/C21H26N4O5S2/c1-15-11-12-16(14-18(15)24-31(2,27)28)23-20(26)10-4-3-7-13-22-21-17-8-5-6-9-19(17)32(29,30)25-21/h5-6,8-9,11-12,14,24H,3-4,7,10,13H2,1-2H3,(H,22,25)(H,23,26). The highest BCUT2D eigenvalue weighted by molar-refractivity contribution is 7.92. The summed E-state index contributed by atoms with van der Waals surface area (Å²) >= 11 is 0. The van der Waals surface area contributed by atoms with Gasteiger partial charge in [-0.05, 0) is 49.6 Å². The van der Waals surface area contributed by atoms with Crippen molar-refractivity contribution in [1.82, 2.24) is 4.72 Å². The van der Waals surface area contributed by atoms with Crippen LogP contribution in [0.3, 0.4) is 0 Å². The lowest BCUT2D eigenvalue weighted by Crippen LogP contribution is -2.22. The third kappa shape index (κ3) is 6.30. The highest BCUT2D eigenvalue weighted by atomic mass is 32.2. The summed E-state index contributed by atoms with van der Waals surface area (Å²) in [6.07, 6.45) is 3.51. The van der Waals surface area contributed by atoms with Gasteiger partial charge in [0.2, 0.25) is 15.9 Å². The van der Waals surface area contributed by atoms with Crippen LogP contribution in [-0.2, 0) is 24.8 Å². The molecule has 172 valence electrons. The van der Waals surface area contributed by atoms with Gasteiger partial charge < -0.3 is 5.32 Å². The normalized spacial score (nSPS) is 15.8. The summed E-state index contributed by atoms with van der Waals surface area (Å²) in [6.45, 7) is 2.23. The summed E-state index contributed by atoms with van der Waals surface area (Å²) in [5, 5.41) is 2.77. The number of aryl methyl sites for hydroxylation is 1. The average Bonchev–Trinajstić information content (AvgIpc) is 2.97. The Balaban J connectivity index is 1.44. The first-order chi connectivity index (χ1) is 15.0. The van der Waals surface area contributed by atoms with E-state index in [4.69, 9.17) is 0 Å². The predicted molar refractivity (Wildman–Crippen MR) is 125 cm³/mol. The minimum atomic E-state index is -3.53. The van der Waals surface area contributed by atoms with E-state index in [0.717, 1.165) is 18.2 Å². The number of rotatable bonds is 9. The molecule has 1 heterocycles. The molecule has 0 saturated carbocycles. The van der Waals surface area contributed by atoms with Crippen LogP contribution in [0.15, 0.2) is 52.4 Å². The monoisotopic (exact) mass is 478 g/mol. The Bertz CT molecular complexity index is 1250. The lowest BCUT2D eigenvalue weighted by atomic mass is 10.1. The molecule has 1 aliphatic heterocycles. The van der Waals surface area contributed by atoms with Crippen LogP contribution < -0.4 is 14.8 Å². The molecule has 0 saturated heterocycles. The average molecular weight is 479 g/mol. The number of benzene rings is 2. The number of anilines is 2. The van der Waals surface area contributed by atoms with Crippen LogP contribution in [0, 0.1) is 6.92 Å². The van der Waals surface area contributed by atoms with Crippen molar-refractivity contribution in [1.29, 1.82) is 0 Å². The van der Waals surface area contributed by atoms with E-state index in [9.17, 15) is 21.6 Å². The maximum atomic E-state index is 12.2. The first kappa shape index (κ1) is 23.7. The summed E-state index contributed by atoms with van der Waals surface area (Å²) in [6, 6.07) is 11.8. The Hall–Kier alpha value is -2.92. The van der Waals surface area contributed by atoms with E-state index in [1.54, 1.807) is 49.4 Å². The molecule has 0 aliphatic carbocycles.